The number of hydrogen-bond acceptors (Lipinski definition) is 4. The third-order valence-corrected chi connectivity index (χ3v) is 3.08. The molecule has 0 fully saturated rings. The van der Waals surface area contributed by atoms with Gasteiger partial charge < -0.3 is 0 Å². The summed E-state index contributed by atoms with van der Waals surface area (Å²) in [6, 6.07) is 13.9. The molecule has 6 nitrogen and oxygen atoms in total. The van der Waals surface area contributed by atoms with E-state index in [2.05, 4.69) is 10.5 Å². The van der Waals surface area contributed by atoms with Crippen molar-refractivity contribution in [2.24, 2.45) is 5.10 Å². The number of benzene rings is 2. The number of rotatable bonds is 5. The molecule has 23 heavy (non-hydrogen) atoms. The number of carbonyl (C=O) groups is 1. The van der Waals surface area contributed by atoms with Crippen molar-refractivity contribution >= 4 is 23.9 Å². The minimum Gasteiger partial charge on any atom is -0.267 e. The minimum atomic E-state index is -0.516. The molecule has 0 bridgehead atoms. The number of allylic oxidation sites excluding steroid dienone is 1. The van der Waals surface area contributed by atoms with E-state index in [-0.39, 0.29) is 11.3 Å². The molecule has 116 valence electrons. The van der Waals surface area contributed by atoms with Crippen molar-refractivity contribution < 1.29 is 9.72 Å². The highest BCUT2D eigenvalue weighted by Crippen LogP contribution is 2.19. The highest BCUT2D eigenvalue weighted by Gasteiger charge is 2.14. The average Bonchev–Trinajstić information content (AvgIpc) is 2.55. The number of hydrazone groups is 1. The maximum absolute atomic E-state index is 11.9. The quantitative estimate of drug-likeness (QED) is 0.522. The Morgan fingerprint density at radius 2 is 1.96 bits per heavy atom. The van der Waals surface area contributed by atoms with E-state index in [9.17, 15) is 14.9 Å². The van der Waals surface area contributed by atoms with Crippen LogP contribution < -0.4 is 5.43 Å². The van der Waals surface area contributed by atoms with Crippen LogP contribution in [0.4, 0.5) is 5.69 Å². The van der Waals surface area contributed by atoms with E-state index >= 15 is 0 Å². The van der Waals surface area contributed by atoms with Gasteiger partial charge in [-0.25, -0.2) is 5.43 Å². The topological polar surface area (TPSA) is 84.6 Å². The molecule has 0 radical (unpaired) electrons. The first-order valence-corrected chi connectivity index (χ1v) is 6.88. The van der Waals surface area contributed by atoms with E-state index in [1.165, 1.54) is 24.4 Å². The summed E-state index contributed by atoms with van der Waals surface area (Å²) < 4.78 is 0. The molecule has 0 aliphatic heterocycles. The first-order chi connectivity index (χ1) is 11.1. The molecule has 1 amide bonds. The van der Waals surface area contributed by atoms with Gasteiger partial charge in [-0.2, -0.15) is 5.10 Å². The van der Waals surface area contributed by atoms with Crippen molar-refractivity contribution in [1.82, 2.24) is 5.43 Å². The number of nitrogens with zero attached hydrogens (tertiary/aromatic N) is 2. The van der Waals surface area contributed by atoms with E-state index < -0.39 is 10.8 Å². The number of hydrogen-bond donors (Lipinski definition) is 1. The summed E-state index contributed by atoms with van der Waals surface area (Å²) in [5.74, 6) is -0.502. The lowest BCUT2D eigenvalue weighted by Gasteiger charge is -2.01. The van der Waals surface area contributed by atoms with Gasteiger partial charge in [-0.1, -0.05) is 42.5 Å². The predicted octanol–water partition coefficient (Wildman–Crippen LogP) is 3.33. The van der Waals surface area contributed by atoms with Gasteiger partial charge in [-0.05, 0) is 24.6 Å². The number of carbonyl (C=O) groups excluding carboxylic acids is 1. The van der Waals surface area contributed by atoms with Crippen LogP contribution in [0.5, 0.6) is 0 Å². The Labute approximate surface area is 133 Å². The summed E-state index contributed by atoms with van der Waals surface area (Å²) in [6.45, 7) is 1.62. The Hall–Kier alpha value is -3.28. The van der Waals surface area contributed by atoms with Gasteiger partial charge in [0.15, 0.2) is 0 Å². The molecule has 0 heterocycles. The lowest BCUT2D eigenvalue weighted by atomic mass is 10.1. The zero-order chi connectivity index (χ0) is 16.7. The van der Waals surface area contributed by atoms with Gasteiger partial charge in [0, 0.05) is 23.4 Å². The monoisotopic (exact) mass is 309 g/mol. The van der Waals surface area contributed by atoms with Crippen LogP contribution in [0.2, 0.25) is 0 Å². The zero-order valence-electron chi connectivity index (χ0n) is 12.5. The number of aryl methyl sites for hydroxylation is 1. The fraction of sp³-hybridized carbons (Fsp3) is 0.0588. The van der Waals surface area contributed by atoms with E-state index in [4.69, 9.17) is 0 Å². The predicted molar refractivity (Wildman–Crippen MR) is 89.3 cm³/mol. The second-order valence-corrected chi connectivity index (χ2v) is 4.75. The second-order valence-electron chi connectivity index (χ2n) is 4.75. The molecule has 0 aliphatic rings. The molecule has 1 N–H and O–H groups in total. The normalized spacial score (nSPS) is 11.0. The van der Waals surface area contributed by atoms with Crippen LogP contribution in [0.1, 0.15) is 21.5 Å². The van der Waals surface area contributed by atoms with Crippen LogP contribution in [-0.2, 0) is 0 Å². The molecule has 2 aromatic rings. The van der Waals surface area contributed by atoms with Crippen LogP contribution in [0.3, 0.4) is 0 Å². The lowest BCUT2D eigenvalue weighted by molar-refractivity contribution is -0.385. The number of nitro groups is 1. The Morgan fingerprint density at radius 3 is 2.65 bits per heavy atom. The van der Waals surface area contributed by atoms with Crippen LogP contribution in [0.25, 0.3) is 6.08 Å². The van der Waals surface area contributed by atoms with Gasteiger partial charge in [0.25, 0.3) is 11.6 Å². The van der Waals surface area contributed by atoms with Gasteiger partial charge in [-0.15, -0.1) is 0 Å². The molecule has 0 aliphatic carbocycles. The smallest absolute Gasteiger partial charge is 0.267 e. The van der Waals surface area contributed by atoms with Crippen molar-refractivity contribution in [1.29, 1.82) is 0 Å². The Morgan fingerprint density at radius 1 is 1.22 bits per heavy atom. The van der Waals surface area contributed by atoms with Crippen molar-refractivity contribution in [2.45, 2.75) is 6.92 Å². The van der Waals surface area contributed by atoms with Crippen LogP contribution in [0.15, 0.2) is 59.7 Å². The van der Waals surface area contributed by atoms with Crippen molar-refractivity contribution in [3.63, 3.8) is 0 Å². The molecular formula is C17H15N3O3. The highest BCUT2D eigenvalue weighted by atomic mass is 16.6. The van der Waals surface area contributed by atoms with Gasteiger partial charge in [0.05, 0.1) is 4.92 Å². The number of nitro benzene ring substituents is 1. The number of nitrogens with one attached hydrogen (secondary N) is 1. The van der Waals surface area contributed by atoms with E-state index in [1.54, 1.807) is 13.0 Å². The minimum absolute atomic E-state index is 0.0920. The molecule has 0 saturated carbocycles. The van der Waals surface area contributed by atoms with Gasteiger partial charge in [-0.3, -0.25) is 14.9 Å². The molecule has 2 aromatic carbocycles. The third kappa shape index (κ3) is 4.60. The van der Waals surface area contributed by atoms with Crippen LogP contribution in [-0.4, -0.2) is 17.0 Å². The van der Waals surface area contributed by atoms with Crippen molar-refractivity contribution in [3.8, 4) is 0 Å². The summed E-state index contributed by atoms with van der Waals surface area (Å²) in [5.41, 5.74) is 3.94. The summed E-state index contributed by atoms with van der Waals surface area (Å²) in [6.07, 6.45) is 4.97. The van der Waals surface area contributed by atoms with Gasteiger partial charge >= 0.3 is 0 Å². The van der Waals surface area contributed by atoms with Crippen molar-refractivity contribution in [2.75, 3.05) is 0 Å². The summed E-state index contributed by atoms with van der Waals surface area (Å²) in [5, 5.41) is 14.6. The molecule has 0 unspecified atom stereocenters. The zero-order valence-corrected chi connectivity index (χ0v) is 12.5. The molecule has 0 atom stereocenters. The van der Waals surface area contributed by atoms with Gasteiger partial charge in [0.1, 0.15) is 0 Å². The Balaban J connectivity index is 1.97. The van der Waals surface area contributed by atoms with Gasteiger partial charge in [0.2, 0.25) is 0 Å². The molecule has 0 saturated heterocycles. The fourth-order valence-electron chi connectivity index (χ4n) is 1.87. The summed E-state index contributed by atoms with van der Waals surface area (Å²) in [4.78, 5) is 22.2. The number of amides is 1. The molecule has 0 aromatic heterocycles. The summed E-state index contributed by atoms with van der Waals surface area (Å²) >= 11 is 0. The van der Waals surface area contributed by atoms with Crippen LogP contribution >= 0.6 is 0 Å². The van der Waals surface area contributed by atoms with E-state index in [0.717, 1.165) is 5.56 Å². The second kappa shape index (κ2) is 7.65. The van der Waals surface area contributed by atoms with Crippen molar-refractivity contribution in [3.05, 3.63) is 81.4 Å². The average molecular weight is 309 g/mol. The first-order valence-electron chi connectivity index (χ1n) is 6.88. The fourth-order valence-corrected chi connectivity index (χ4v) is 1.87. The molecule has 6 heteroatoms. The van der Waals surface area contributed by atoms with E-state index in [1.807, 2.05) is 36.4 Å². The first kappa shape index (κ1) is 16.1. The maximum atomic E-state index is 11.9. The SMILES string of the molecule is Cc1ccc(C(=O)N/N=C/C=C/c2ccccc2)cc1[N+](=O)[O-]. The third-order valence-electron chi connectivity index (χ3n) is 3.08. The highest BCUT2D eigenvalue weighted by molar-refractivity contribution is 5.95. The lowest BCUT2D eigenvalue weighted by Crippen LogP contribution is -2.17. The van der Waals surface area contributed by atoms with E-state index in [0.29, 0.717) is 5.56 Å². The molecule has 2 rings (SSSR count). The Bertz CT molecular complexity index is 768. The standard InChI is InChI=1S/C17H15N3O3/c1-13-9-10-15(12-16(13)20(22)23)17(21)19-18-11-5-8-14-6-3-2-4-7-14/h2-12H,1H3,(H,19,21)/b8-5+,18-11+. The largest absolute Gasteiger partial charge is 0.273 e. The summed E-state index contributed by atoms with van der Waals surface area (Å²) in [7, 11) is 0. The molecular weight excluding hydrogens is 294 g/mol. The maximum Gasteiger partial charge on any atom is 0.273 e. The van der Waals surface area contributed by atoms with Crippen LogP contribution in [0, 0.1) is 17.0 Å². The molecule has 0 spiro atoms. The Kier molecular flexibility index (Phi) is 5.35.